The molecule has 2 aromatic rings. The van der Waals surface area contributed by atoms with Crippen molar-refractivity contribution >= 4 is 17.5 Å². The van der Waals surface area contributed by atoms with Crippen LogP contribution in [0.3, 0.4) is 0 Å². The normalized spacial score (nSPS) is 20.0. The van der Waals surface area contributed by atoms with Gasteiger partial charge in [0.25, 0.3) is 5.91 Å². The van der Waals surface area contributed by atoms with Crippen molar-refractivity contribution in [1.29, 1.82) is 0 Å². The summed E-state index contributed by atoms with van der Waals surface area (Å²) in [5.74, 6) is -0.532. The Morgan fingerprint density at radius 1 is 1.22 bits per heavy atom. The summed E-state index contributed by atoms with van der Waals surface area (Å²) >= 11 is 5.96. The minimum atomic E-state index is -0.353. The Labute approximate surface area is 164 Å². The third kappa shape index (κ3) is 5.28. The predicted octanol–water partition coefficient (Wildman–Crippen LogP) is 3.89. The van der Waals surface area contributed by atoms with E-state index < -0.39 is 0 Å². The molecular weight excluding hydrogens is 367 g/mol. The number of nitrogens with zero attached hydrogens (tertiary/aromatic N) is 1. The van der Waals surface area contributed by atoms with Gasteiger partial charge in [-0.15, -0.1) is 0 Å². The summed E-state index contributed by atoms with van der Waals surface area (Å²) in [5, 5.41) is 3.91. The highest BCUT2D eigenvalue weighted by Crippen LogP contribution is 2.27. The van der Waals surface area contributed by atoms with Crippen LogP contribution < -0.4 is 5.32 Å². The van der Waals surface area contributed by atoms with Crippen molar-refractivity contribution in [1.82, 2.24) is 10.2 Å². The highest BCUT2D eigenvalue weighted by molar-refractivity contribution is 6.30. The van der Waals surface area contributed by atoms with E-state index in [9.17, 15) is 9.18 Å². The number of carbonyl (C=O) groups is 1. The summed E-state index contributed by atoms with van der Waals surface area (Å²) < 4.78 is 18.4. The summed E-state index contributed by atoms with van der Waals surface area (Å²) in [4.78, 5) is 15.0. The quantitative estimate of drug-likeness (QED) is 0.779. The Morgan fingerprint density at radius 2 is 1.93 bits per heavy atom. The molecule has 1 atom stereocenters. The van der Waals surface area contributed by atoms with E-state index in [1.165, 1.54) is 29.8 Å². The zero-order chi connectivity index (χ0) is 19.3. The summed E-state index contributed by atoms with van der Waals surface area (Å²) in [7, 11) is 1.66. The molecule has 4 nitrogen and oxygen atoms in total. The standard InChI is InChI=1S/C21H24ClFN2O2/c1-27-13-11-21(24-20(26)17-4-8-19(23)9-5-17)10-12-25(15-21)14-16-2-6-18(22)7-3-16/h2-9H,10-15H2,1H3,(H,24,26). The maximum Gasteiger partial charge on any atom is 0.251 e. The van der Waals surface area contributed by atoms with E-state index in [2.05, 4.69) is 10.2 Å². The molecule has 0 aromatic heterocycles. The second kappa shape index (κ2) is 8.83. The Hall–Kier alpha value is -1.95. The number of ether oxygens (including phenoxy) is 1. The van der Waals surface area contributed by atoms with Crippen molar-refractivity contribution < 1.29 is 13.9 Å². The molecule has 1 heterocycles. The second-order valence-electron chi connectivity index (χ2n) is 7.07. The lowest BCUT2D eigenvalue weighted by molar-refractivity contribution is 0.0864. The molecule has 1 saturated heterocycles. The van der Waals surface area contributed by atoms with Crippen LogP contribution in [0, 0.1) is 5.82 Å². The molecule has 0 spiro atoms. The lowest BCUT2D eigenvalue weighted by Crippen LogP contribution is -2.51. The average molecular weight is 391 g/mol. The van der Waals surface area contributed by atoms with Gasteiger partial charge < -0.3 is 10.1 Å². The zero-order valence-corrected chi connectivity index (χ0v) is 16.1. The van der Waals surface area contributed by atoms with E-state index in [4.69, 9.17) is 16.3 Å². The lowest BCUT2D eigenvalue weighted by atomic mass is 9.94. The first kappa shape index (κ1) is 19.8. The van der Waals surface area contributed by atoms with Gasteiger partial charge in [0.05, 0.1) is 5.54 Å². The number of likely N-dealkylation sites (tertiary alicyclic amines) is 1. The molecule has 144 valence electrons. The molecule has 0 aliphatic carbocycles. The van der Waals surface area contributed by atoms with E-state index in [1.54, 1.807) is 7.11 Å². The van der Waals surface area contributed by atoms with Gasteiger partial charge in [-0.25, -0.2) is 4.39 Å². The van der Waals surface area contributed by atoms with Gasteiger partial charge in [0.15, 0.2) is 0 Å². The Bertz CT molecular complexity index is 767. The molecule has 1 amide bonds. The molecule has 6 heteroatoms. The first-order chi connectivity index (χ1) is 13.0. The van der Waals surface area contributed by atoms with Crippen LogP contribution in [0.5, 0.6) is 0 Å². The SMILES string of the molecule is COCCC1(NC(=O)c2ccc(F)cc2)CCN(Cc2ccc(Cl)cc2)C1. The van der Waals surface area contributed by atoms with Gasteiger partial charge in [-0.2, -0.15) is 0 Å². The minimum Gasteiger partial charge on any atom is -0.385 e. The molecule has 3 rings (SSSR count). The number of benzene rings is 2. The molecule has 0 radical (unpaired) electrons. The van der Waals surface area contributed by atoms with Crippen LogP contribution in [0.1, 0.15) is 28.8 Å². The van der Waals surface area contributed by atoms with Gasteiger partial charge >= 0.3 is 0 Å². The fraction of sp³-hybridized carbons (Fsp3) is 0.381. The highest BCUT2D eigenvalue weighted by atomic mass is 35.5. The van der Waals surface area contributed by atoms with E-state index in [1.807, 2.05) is 24.3 Å². The van der Waals surface area contributed by atoms with Crippen molar-refractivity contribution in [2.45, 2.75) is 24.9 Å². The molecule has 27 heavy (non-hydrogen) atoms. The van der Waals surface area contributed by atoms with Crippen LogP contribution in [0.15, 0.2) is 48.5 Å². The van der Waals surface area contributed by atoms with Crippen LogP contribution >= 0.6 is 11.6 Å². The van der Waals surface area contributed by atoms with E-state index >= 15 is 0 Å². The lowest BCUT2D eigenvalue weighted by Gasteiger charge is -2.31. The summed E-state index contributed by atoms with van der Waals surface area (Å²) in [6.07, 6.45) is 1.57. The fourth-order valence-electron chi connectivity index (χ4n) is 3.52. The largest absolute Gasteiger partial charge is 0.385 e. The minimum absolute atomic E-state index is 0.181. The van der Waals surface area contributed by atoms with Crippen molar-refractivity contribution in [2.75, 3.05) is 26.8 Å². The van der Waals surface area contributed by atoms with Gasteiger partial charge in [-0.1, -0.05) is 23.7 Å². The highest BCUT2D eigenvalue weighted by Gasteiger charge is 2.39. The van der Waals surface area contributed by atoms with Gasteiger partial charge in [-0.05, 0) is 54.8 Å². The first-order valence-electron chi connectivity index (χ1n) is 9.03. The maximum absolute atomic E-state index is 13.1. The van der Waals surface area contributed by atoms with Crippen LogP contribution in [-0.2, 0) is 11.3 Å². The van der Waals surface area contributed by atoms with Crippen molar-refractivity contribution in [2.24, 2.45) is 0 Å². The number of methoxy groups -OCH3 is 1. The van der Waals surface area contributed by atoms with Gasteiger partial charge in [0, 0.05) is 43.9 Å². The molecule has 1 N–H and O–H groups in total. The van der Waals surface area contributed by atoms with Gasteiger partial charge in [-0.3, -0.25) is 9.69 Å². The molecule has 2 aromatic carbocycles. The molecule has 0 bridgehead atoms. The van der Waals surface area contributed by atoms with Crippen LogP contribution in [0.25, 0.3) is 0 Å². The summed E-state index contributed by atoms with van der Waals surface area (Å²) in [6, 6.07) is 13.5. The smallest absolute Gasteiger partial charge is 0.251 e. The average Bonchev–Trinajstić information content (AvgIpc) is 3.05. The molecule has 1 aliphatic rings. The fourth-order valence-corrected chi connectivity index (χ4v) is 3.65. The van der Waals surface area contributed by atoms with Crippen molar-refractivity contribution in [3.8, 4) is 0 Å². The van der Waals surface area contributed by atoms with E-state index in [-0.39, 0.29) is 17.3 Å². The number of rotatable bonds is 7. The van der Waals surface area contributed by atoms with E-state index in [0.717, 1.165) is 37.5 Å². The predicted molar refractivity (Wildman–Crippen MR) is 104 cm³/mol. The van der Waals surface area contributed by atoms with Gasteiger partial charge in [0.2, 0.25) is 0 Å². The van der Waals surface area contributed by atoms with E-state index in [0.29, 0.717) is 12.2 Å². The number of hydrogen-bond donors (Lipinski definition) is 1. The third-order valence-corrected chi connectivity index (χ3v) is 5.27. The summed E-state index contributed by atoms with van der Waals surface area (Å²) in [5.41, 5.74) is 1.30. The number of halogens is 2. The van der Waals surface area contributed by atoms with Crippen molar-refractivity contribution in [3.05, 3.63) is 70.5 Å². The molecule has 1 unspecified atom stereocenters. The zero-order valence-electron chi connectivity index (χ0n) is 15.4. The number of hydrogen-bond acceptors (Lipinski definition) is 3. The van der Waals surface area contributed by atoms with Crippen LogP contribution in [0.2, 0.25) is 5.02 Å². The molecular formula is C21H24ClFN2O2. The third-order valence-electron chi connectivity index (χ3n) is 5.02. The van der Waals surface area contributed by atoms with Crippen molar-refractivity contribution in [3.63, 3.8) is 0 Å². The number of nitrogens with one attached hydrogen (secondary N) is 1. The first-order valence-corrected chi connectivity index (χ1v) is 9.41. The molecule has 1 aliphatic heterocycles. The molecule has 1 fully saturated rings. The Balaban J connectivity index is 1.68. The van der Waals surface area contributed by atoms with Gasteiger partial charge in [0.1, 0.15) is 5.82 Å². The Morgan fingerprint density at radius 3 is 2.59 bits per heavy atom. The topological polar surface area (TPSA) is 41.6 Å². The number of carbonyl (C=O) groups excluding carboxylic acids is 1. The summed E-state index contributed by atoms with van der Waals surface area (Å²) in [6.45, 7) is 3.00. The number of amides is 1. The van der Waals surface area contributed by atoms with Crippen LogP contribution in [-0.4, -0.2) is 43.2 Å². The van der Waals surface area contributed by atoms with Crippen LogP contribution in [0.4, 0.5) is 4.39 Å². The molecule has 0 saturated carbocycles. The monoisotopic (exact) mass is 390 g/mol. The maximum atomic E-state index is 13.1. The second-order valence-corrected chi connectivity index (χ2v) is 7.51. The Kier molecular flexibility index (Phi) is 6.47.